The standard InChI is InChI=1S/C18H21NO/c1-2-11-19-17-9-7-14(8-10-17)16-6-5-15-4-3-12-20-18(15)13-16/h5-10,13,19H,2-4,11-12H2,1H3. The lowest BCUT2D eigenvalue weighted by atomic mass is 9.99. The third kappa shape index (κ3) is 2.79. The highest BCUT2D eigenvalue weighted by atomic mass is 16.5. The number of ether oxygens (including phenoxy) is 1. The molecule has 0 atom stereocenters. The van der Waals surface area contributed by atoms with E-state index >= 15 is 0 Å². The Balaban J connectivity index is 1.81. The van der Waals surface area contributed by atoms with E-state index < -0.39 is 0 Å². The molecular formula is C18H21NO. The summed E-state index contributed by atoms with van der Waals surface area (Å²) in [6.07, 6.45) is 3.41. The largest absolute Gasteiger partial charge is 0.493 e. The molecule has 0 aliphatic carbocycles. The van der Waals surface area contributed by atoms with Crippen LogP contribution in [0.15, 0.2) is 42.5 Å². The van der Waals surface area contributed by atoms with Gasteiger partial charge in [0.1, 0.15) is 5.75 Å². The molecule has 104 valence electrons. The zero-order valence-electron chi connectivity index (χ0n) is 12.0. The molecule has 1 aliphatic heterocycles. The first-order chi connectivity index (χ1) is 9.86. The lowest BCUT2D eigenvalue weighted by Gasteiger charge is -2.18. The summed E-state index contributed by atoms with van der Waals surface area (Å²) in [6, 6.07) is 15.2. The fourth-order valence-corrected chi connectivity index (χ4v) is 2.57. The highest BCUT2D eigenvalue weighted by Gasteiger charge is 2.11. The molecule has 2 heteroatoms. The number of hydrogen-bond donors (Lipinski definition) is 1. The van der Waals surface area contributed by atoms with E-state index in [4.69, 9.17) is 4.74 Å². The third-order valence-electron chi connectivity index (χ3n) is 3.71. The molecule has 0 saturated heterocycles. The molecule has 0 bridgehead atoms. The number of rotatable bonds is 4. The average Bonchev–Trinajstić information content (AvgIpc) is 2.53. The van der Waals surface area contributed by atoms with Gasteiger partial charge in [-0.05, 0) is 54.2 Å². The smallest absolute Gasteiger partial charge is 0.123 e. The van der Waals surface area contributed by atoms with Crippen LogP contribution in [0.2, 0.25) is 0 Å². The van der Waals surface area contributed by atoms with Crippen LogP contribution in [0.5, 0.6) is 5.75 Å². The van der Waals surface area contributed by atoms with E-state index in [2.05, 4.69) is 54.7 Å². The van der Waals surface area contributed by atoms with Gasteiger partial charge in [0.2, 0.25) is 0 Å². The lowest BCUT2D eigenvalue weighted by Crippen LogP contribution is -2.08. The minimum Gasteiger partial charge on any atom is -0.493 e. The van der Waals surface area contributed by atoms with Crippen molar-refractivity contribution in [3.63, 3.8) is 0 Å². The van der Waals surface area contributed by atoms with Gasteiger partial charge < -0.3 is 10.1 Å². The van der Waals surface area contributed by atoms with Gasteiger partial charge in [0.15, 0.2) is 0 Å². The first-order valence-electron chi connectivity index (χ1n) is 7.47. The predicted octanol–water partition coefficient (Wildman–Crippen LogP) is 4.50. The van der Waals surface area contributed by atoms with Gasteiger partial charge in [-0.25, -0.2) is 0 Å². The second kappa shape index (κ2) is 6.00. The minimum atomic E-state index is 0.844. The van der Waals surface area contributed by atoms with Crippen LogP contribution >= 0.6 is 0 Å². The van der Waals surface area contributed by atoms with Crippen molar-refractivity contribution in [3.8, 4) is 16.9 Å². The Morgan fingerprint density at radius 1 is 1.05 bits per heavy atom. The maximum absolute atomic E-state index is 5.75. The van der Waals surface area contributed by atoms with Gasteiger partial charge in [-0.3, -0.25) is 0 Å². The van der Waals surface area contributed by atoms with Crippen LogP contribution in [0.25, 0.3) is 11.1 Å². The molecule has 0 amide bonds. The van der Waals surface area contributed by atoms with E-state index in [0.717, 1.165) is 38.2 Å². The Kier molecular flexibility index (Phi) is 3.91. The van der Waals surface area contributed by atoms with E-state index in [-0.39, 0.29) is 0 Å². The molecule has 0 saturated carbocycles. The van der Waals surface area contributed by atoms with E-state index in [1.807, 2.05) is 0 Å². The monoisotopic (exact) mass is 267 g/mol. The SMILES string of the molecule is CCCNc1ccc(-c2ccc3c(c2)OCCC3)cc1. The van der Waals surface area contributed by atoms with Crippen molar-refractivity contribution in [1.29, 1.82) is 0 Å². The first-order valence-corrected chi connectivity index (χ1v) is 7.47. The van der Waals surface area contributed by atoms with Crippen molar-refractivity contribution in [3.05, 3.63) is 48.0 Å². The third-order valence-corrected chi connectivity index (χ3v) is 3.71. The fourth-order valence-electron chi connectivity index (χ4n) is 2.57. The Labute approximate surface area is 120 Å². The maximum atomic E-state index is 5.75. The maximum Gasteiger partial charge on any atom is 0.123 e. The molecule has 2 aromatic carbocycles. The Hall–Kier alpha value is -1.96. The number of anilines is 1. The minimum absolute atomic E-state index is 0.844. The molecule has 0 unspecified atom stereocenters. The zero-order chi connectivity index (χ0) is 13.8. The van der Waals surface area contributed by atoms with Gasteiger partial charge in [-0.15, -0.1) is 0 Å². The van der Waals surface area contributed by atoms with Gasteiger partial charge in [0.05, 0.1) is 6.61 Å². The average molecular weight is 267 g/mol. The summed E-state index contributed by atoms with van der Waals surface area (Å²) in [5.41, 5.74) is 4.99. The molecule has 1 N–H and O–H groups in total. The van der Waals surface area contributed by atoms with Crippen LogP contribution in [-0.4, -0.2) is 13.2 Å². The summed E-state index contributed by atoms with van der Waals surface area (Å²) >= 11 is 0. The predicted molar refractivity (Wildman–Crippen MR) is 84.5 cm³/mol. The van der Waals surface area contributed by atoms with Gasteiger partial charge in [0.25, 0.3) is 0 Å². The Bertz CT molecular complexity index is 574. The number of fused-ring (bicyclic) bond motifs is 1. The number of nitrogens with one attached hydrogen (secondary N) is 1. The van der Waals surface area contributed by atoms with Crippen LogP contribution in [0.1, 0.15) is 25.3 Å². The van der Waals surface area contributed by atoms with E-state index in [1.165, 1.54) is 22.4 Å². The topological polar surface area (TPSA) is 21.3 Å². The van der Waals surface area contributed by atoms with Crippen molar-refractivity contribution in [2.24, 2.45) is 0 Å². The van der Waals surface area contributed by atoms with Gasteiger partial charge >= 0.3 is 0 Å². The Morgan fingerprint density at radius 3 is 2.65 bits per heavy atom. The van der Waals surface area contributed by atoms with Crippen LogP contribution in [0.4, 0.5) is 5.69 Å². The molecule has 0 spiro atoms. The number of benzene rings is 2. The van der Waals surface area contributed by atoms with Crippen LogP contribution in [0, 0.1) is 0 Å². The second-order valence-electron chi connectivity index (χ2n) is 5.28. The Morgan fingerprint density at radius 2 is 1.85 bits per heavy atom. The van der Waals surface area contributed by atoms with Crippen LogP contribution in [0.3, 0.4) is 0 Å². The number of hydrogen-bond acceptors (Lipinski definition) is 2. The zero-order valence-corrected chi connectivity index (χ0v) is 12.0. The van der Waals surface area contributed by atoms with Crippen molar-refractivity contribution in [1.82, 2.24) is 0 Å². The van der Waals surface area contributed by atoms with Crippen molar-refractivity contribution in [2.75, 3.05) is 18.5 Å². The molecule has 0 fully saturated rings. The van der Waals surface area contributed by atoms with Crippen LogP contribution in [-0.2, 0) is 6.42 Å². The van der Waals surface area contributed by atoms with Gasteiger partial charge in [-0.2, -0.15) is 0 Å². The highest BCUT2D eigenvalue weighted by Crippen LogP contribution is 2.31. The van der Waals surface area contributed by atoms with E-state index in [9.17, 15) is 0 Å². The lowest BCUT2D eigenvalue weighted by molar-refractivity contribution is 0.288. The highest BCUT2D eigenvalue weighted by molar-refractivity contribution is 5.68. The summed E-state index contributed by atoms with van der Waals surface area (Å²) in [5.74, 6) is 1.06. The summed E-state index contributed by atoms with van der Waals surface area (Å²) < 4.78 is 5.75. The summed E-state index contributed by atoms with van der Waals surface area (Å²) in [6.45, 7) is 4.04. The van der Waals surface area contributed by atoms with Crippen molar-refractivity contribution in [2.45, 2.75) is 26.2 Å². The molecule has 0 radical (unpaired) electrons. The van der Waals surface area contributed by atoms with Gasteiger partial charge in [-0.1, -0.05) is 31.2 Å². The van der Waals surface area contributed by atoms with Crippen molar-refractivity contribution < 1.29 is 4.74 Å². The van der Waals surface area contributed by atoms with Crippen molar-refractivity contribution >= 4 is 5.69 Å². The van der Waals surface area contributed by atoms with Gasteiger partial charge in [0, 0.05) is 12.2 Å². The molecule has 2 nitrogen and oxygen atoms in total. The molecule has 0 aromatic heterocycles. The normalized spacial score (nSPS) is 13.4. The molecule has 3 rings (SSSR count). The summed E-state index contributed by atoms with van der Waals surface area (Å²) in [5, 5.41) is 3.40. The first kappa shape index (κ1) is 13.0. The molecule has 1 heterocycles. The number of aryl methyl sites for hydroxylation is 1. The molecule has 2 aromatic rings. The summed E-state index contributed by atoms with van der Waals surface area (Å²) in [7, 11) is 0. The second-order valence-corrected chi connectivity index (χ2v) is 5.28. The van der Waals surface area contributed by atoms with Crippen LogP contribution < -0.4 is 10.1 Å². The molecule has 20 heavy (non-hydrogen) atoms. The quantitative estimate of drug-likeness (QED) is 0.880. The van der Waals surface area contributed by atoms with E-state index in [1.54, 1.807) is 0 Å². The molecule has 1 aliphatic rings. The fraction of sp³-hybridized carbons (Fsp3) is 0.333. The van der Waals surface area contributed by atoms with E-state index in [0.29, 0.717) is 0 Å². The summed E-state index contributed by atoms with van der Waals surface area (Å²) in [4.78, 5) is 0. The molecular weight excluding hydrogens is 246 g/mol.